The number of benzene rings is 1. The quantitative estimate of drug-likeness (QED) is 0.731. The molecular formula is C17H22BrN3. The number of anilines is 2. The summed E-state index contributed by atoms with van der Waals surface area (Å²) in [6, 6.07) is 10.4. The molecule has 0 amide bonds. The Morgan fingerprint density at radius 2 is 1.81 bits per heavy atom. The molecule has 1 heterocycles. The summed E-state index contributed by atoms with van der Waals surface area (Å²) in [6.45, 7) is 11.5. The summed E-state index contributed by atoms with van der Waals surface area (Å²) in [5.41, 5.74) is 2.35. The molecule has 0 bridgehead atoms. The van der Waals surface area contributed by atoms with E-state index in [-0.39, 0.29) is 5.41 Å². The molecule has 0 unspecified atom stereocenters. The third-order valence-corrected chi connectivity index (χ3v) is 3.76. The van der Waals surface area contributed by atoms with E-state index >= 15 is 0 Å². The Balaban J connectivity index is 2.53. The number of rotatable bonds is 3. The third kappa shape index (κ3) is 3.62. The zero-order valence-corrected chi connectivity index (χ0v) is 14.9. The molecule has 1 aromatic heterocycles. The first-order chi connectivity index (χ1) is 9.82. The van der Waals surface area contributed by atoms with E-state index in [2.05, 4.69) is 84.7 Å². The normalized spacial score (nSPS) is 11.5. The summed E-state index contributed by atoms with van der Waals surface area (Å²) in [4.78, 5) is 11.5. The molecule has 0 spiro atoms. The minimum atomic E-state index is -0.0797. The standard InChI is InChI=1S/C17H22BrN3/c1-6-21(13-10-8-7-9-12(13)2)15-11-14(18)19-16(20-15)17(3,4)5/h7-11H,6H2,1-5H3. The van der Waals surface area contributed by atoms with Crippen molar-refractivity contribution in [1.29, 1.82) is 0 Å². The minimum absolute atomic E-state index is 0.0797. The molecule has 112 valence electrons. The van der Waals surface area contributed by atoms with Gasteiger partial charge in [-0.2, -0.15) is 0 Å². The lowest BCUT2D eigenvalue weighted by molar-refractivity contribution is 0.543. The van der Waals surface area contributed by atoms with Gasteiger partial charge in [-0.3, -0.25) is 0 Å². The highest BCUT2D eigenvalue weighted by molar-refractivity contribution is 9.10. The van der Waals surface area contributed by atoms with Gasteiger partial charge < -0.3 is 4.90 Å². The van der Waals surface area contributed by atoms with Crippen molar-refractivity contribution in [3.8, 4) is 0 Å². The van der Waals surface area contributed by atoms with Crippen molar-refractivity contribution in [3.05, 3.63) is 46.3 Å². The van der Waals surface area contributed by atoms with E-state index in [1.807, 2.05) is 6.07 Å². The van der Waals surface area contributed by atoms with Crippen LogP contribution >= 0.6 is 15.9 Å². The van der Waals surface area contributed by atoms with Gasteiger partial charge in [0.15, 0.2) is 0 Å². The summed E-state index contributed by atoms with van der Waals surface area (Å²) >= 11 is 3.52. The van der Waals surface area contributed by atoms with Crippen molar-refractivity contribution in [1.82, 2.24) is 9.97 Å². The van der Waals surface area contributed by atoms with Crippen molar-refractivity contribution < 1.29 is 0 Å². The van der Waals surface area contributed by atoms with Crippen LogP contribution in [-0.2, 0) is 5.41 Å². The second-order valence-electron chi connectivity index (χ2n) is 6.15. The lowest BCUT2D eigenvalue weighted by atomic mass is 9.96. The SMILES string of the molecule is CCN(c1cc(Br)nc(C(C)(C)C)n1)c1ccccc1C. The molecule has 0 aliphatic heterocycles. The first-order valence-corrected chi connectivity index (χ1v) is 8.00. The summed E-state index contributed by atoms with van der Waals surface area (Å²) < 4.78 is 0.824. The Bertz CT molecular complexity index is 632. The zero-order chi connectivity index (χ0) is 15.6. The Hall–Kier alpha value is -1.42. The number of aromatic nitrogens is 2. The van der Waals surface area contributed by atoms with Crippen molar-refractivity contribution >= 4 is 27.4 Å². The molecule has 2 rings (SSSR count). The van der Waals surface area contributed by atoms with Gasteiger partial charge in [-0.1, -0.05) is 39.0 Å². The molecule has 1 aromatic carbocycles. The van der Waals surface area contributed by atoms with Gasteiger partial charge in [-0.25, -0.2) is 9.97 Å². The molecule has 3 nitrogen and oxygen atoms in total. The Kier molecular flexibility index (Phi) is 4.67. The maximum absolute atomic E-state index is 4.78. The van der Waals surface area contributed by atoms with Crippen LogP contribution in [0.5, 0.6) is 0 Å². The average Bonchev–Trinajstić information content (AvgIpc) is 2.40. The fourth-order valence-electron chi connectivity index (χ4n) is 2.20. The molecule has 2 aromatic rings. The van der Waals surface area contributed by atoms with Gasteiger partial charge in [-0.05, 0) is 41.4 Å². The van der Waals surface area contributed by atoms with Crippen LogP contribution in [0.1, 0.15) is 39.1 Å². The maximum Gasteiger partial charge on any atom is 0.137 e. The topological polar surface area (TPSA) is 29.0 Å². The van der Waals surface area contributed by atoms with Crippen LogP contribution < -0.4 is 4.90 Å². The summed E-state index contributed by atoms with van der Waals surface area (Å²) in [7, 11) is 0. The summed E-state index contributed by atoms with van der Waals surface area (Å²) in [5, 5.41) is 0. The van der Waals surface area contributed by atoms with Gasteiger partial charge in [0.2, 0.25) is 0 Å². The third-order valence-electron chi connectivity index (χ3n) is 3.35. The number of aryl methyl sites for hydroxylation is 1. The Morgan fingerprint density at radius 1 is 1.14 bits per heavy atom. The number of hydrogen-bond acceptors (Lipinski definition) is 3. The van der Waals surface area contributed by atoms with Crippen molar-refractivity contribution in [2.24, 2.45) is 0 Å². The first kappa shape index (κ1) is 16.0. The van der Waals surface area contributed by atoms with Crippen molar-refractivity contribution in [3.63, 3.8) is 0 Å². The molecule has 0 N–H and O–H groups in total. The van der Waals surface area contributed by atoms with Crippen molar-refractivity contribution in [2.75, 3.05) is 11.4 Å². The van der Waals surface area contributed by atoms with Gasteiger partial charge in [-0.15, -0.1) is 0 Å². The van der Waals surface area contributed by atoms with E-state index in [9.17, 15) is 0 Å². The second kappa shape index (κ2) is 6.14. The second-order valence-corrected chi connectivity index (χ2v) is 6.97. The maximum atomic E-state index is 4.78. The van der Waals surface area contributed by atoms with Gasteiger partial charge >= 0.3 is 0 Å². The smallest absolute Gasteiger partial charge is 0.137 e. The molecular weight excluding hydrogens is 326 g/mol. The van der Waals surface area contributed by atoms with E-state index in [0.29, 0.717) is 0 Å². The summed E-state index contributed by atoms with van der Waals surface area (Å²) in [6.07, 6.45) is 0. The van der Waals surface area contributed by atoms with E-state index in [1.165, 1.54) is 11.3 Å². The summed E-state index contributed by atoms with van der Waals surface area (Å²) in [5.74, 6) is 1.78. The predicted molar refractivity (Wildman–Crippen MR) is 92.3 cm³/mol. The Labute approximate surface area is 135 Å². The van der Waals surface area contributed by atoms with E-state index < -0.39 is 0 Å². The lowest BCUT2D eigenvalue weighted by Crippen LogP contribution is -2.22. The van der Waals surface area contributed by atoms with Gasteiger partial charge in [0.05, 0.1) is 0 Å². The highest BCUT2D eigenvalue weighted by Crippen LogP contribution is 2.30. The molecule has 0 fully saturated rings. The largest absolute Gasteiger partial charge is 0.326 e. The molecule has 0 saturated heterocycles. The van der Waals surface area contributed by atoms with Crippen LogP contribution in [0, 0.1) is 6.92 Å². The van der Waals surface area contributed by atoms with Gasteiger partial charge in [0, 0.05) is 23.7 Å². The van der Waals surface area contributed by atoms with Crippen LogP contribution in [0.15, 0.2) is 34.9 Å². The molecule has 0 aliphatic rings. The lowest BCUT2D eigenvalue weighted by Gasteiger charge is -2.26. The first-order valence-electron chi connectivity index (χ1n) is 7.21. The van der Waals surface area contributed by atoms with Crippen LogP contribution in [-0.4, -0.2) is 16.5 Å². The molecule has 21 heavy (non-hydrogen) atoms. The van der Waals surface area contributed by atoms with Crippen LogP contribution in [0.4, 0.5) is 11.5 Å². The molecule has 0 radical (unpaired) electrons. The van der Waals surface area contributed by atoms with Crippen LogP contribution in [0.2, 0.25) is 0 Å². The molecule has 0 atom stereocenters. The zero-order valence-electron chi connectivity index (χ0n) is 13.3. The average molecular weight is 348 g/mol. The Morgan fingerprint density at radius 3 is 2.38 bits per heavy atom. The number of nitrogens with zero attached hydrogens (tertiary/aromatic N) is 3. The van der Waals surface area contributed by atoms with E-state index in [0.717, 1.165) is 22.8 Å². The monoisotopic (exact) mass is 347 g/mol. The van der Waals surface area contributed by atoms with Crippen LogP contribution in [0.25, 0.3) is 0 Å². The predicted octanol–water partition coefficient (Wildman–Crippen LogP) is 5.00. The number of hydrogen-bond donors (Lipinski definition) is 0. The molecule has 0 aliphatic carbocycles. The highest BCUT2D eigenvalue weighted by Gasteiger charge is 2.21. The highest BCUT2D eigenvalue weighted by atomic mass is 79.9. The van der Waals surface area contributed by atoms with Crippen molar-refractivity contribution in [2.45, 2.75) is 40.0 Å². The minimum Gasteiger partial charge on any atom is -0.326 e. The van der Waals surface area contributed by atoms with E-state index in [4.69, 9.17) is 4.98 Å². The number of para-hydroxylation sites is 1. The van der Waals surface area contributed by atoms with E-state index in [1.54, 1.807) is 0 Å². The number of halogens is 1. The van der Waals surface area contributed by atoms with Crippen LogP contribution in [0.3, 0.4) is 0 Å². The van der Waals surface area contributed by atoms with Gasteiger partial charge in [0.1, 0.15) is 16.2 Å². The van der Waals surface area contributed by atoms with Gasteiger partial charge in [0.25, 0.3) is 0 Å². The molecule has 0 saturated carbocycles. The fourth-order valence-corrected chi connectivity index (χ4v) is 2.57. The fraction of sp³-hybridized carbons (Fsp3) is 0.412. The molecule has 4 heteroatoms.